The Hall–Kier alpha value is -2.50. The lowest BCUT2D eigenvalue weighted by Crippen LogP contribution is -2.37. The van der Waals surface area contributed by atoms with Gasteiger partial charge >= 0.3 is 0 Å². The summed E-state index contributed by atoms with van der Waals surface area (Å²) < 4.78 is 0. The molecule has 3 heterocycles. The lowest BCUT2D eigenvalue weighted by Gasteiger charge is -2.25. The summed E-state index contributed by atoms with van der Waals surface area (Å²) >= 11 is 0. The van der Waals surface area contributed by atoms with E-state index in [9.17, 15) is 4.79 Å². The zero-order valence-electron chi connectivity index (χ0n) is 12.5. The second-order valence-corrected chi connectivity index (χ2v) is 5.30. The fourth-order valence-electron chi connectivity index (χ4n) is 2.34. The van der Waals surface area contributed by atoms with Gasteiger partial charge in [0.15, 0.2) is 5.82 Å². The van der Waals surface area contributed by atoms with E-state index < -0.39 is 0 Å². The fourth-order valence-corrected chi connectivity index (χ4v) is 2.34. The second-order valence-electron chi connectivity index (χ2n) is 5.30. The summed E-state index contributed by atoms with van der Waals surface area (Å²) in [6.07, 6.45) is 1.75. The van der Waals surface area contributed by atoms with Crippen molar-refractivity contribution >= 4 is 17.4 Å². The molecule has 1 unspecified atom stereocenters. The van der Waals surface area contributed by atoms with E-state index >= 15 is 0 Å². The minimum Gasteiger partial charge on any atom is -0.357 e. The third-order valence-electron chi connectivity index (χ3n) is 3.71. The number of amides is 1. The smallest absolute Gasteiger partial charge is 0.246 e. The SMILES string of the molecule is Cc1nc2c(c(-c3nccc(C)c3C)n1)NC(=O)C(C)N2. The highest BCUT2D eigenvalue weighted by molar-refractivity contribution is 6.05. The Morgan fingerprint density at radius 3 is 2.67 bits per heavy atom. The standard InChI is InChI=1S/C15H17N5O/c1-7-5-6-16-11(8(7)2)12-13-14(19-10(4)18-12)17-9(3)15(21)20-13/h5-6,9H,1-4H3,(H,20,21)(H,17,18,19). The van der Waals surface area contributed by atoms with Crippen molar-refractivity contribution in [3.05, 3.63) is 29.2 Å². The van der Waals surface area contributed by atoms with Crippen LogP contribution in [0, 0.1) is 20.8 Å². The molecule has 1 atom stereocenters. The monoisotopic (exact) mass is 283 g/mol. The molecule has 0 aromatic carbocycles. The molecule has 1 aliphatic rings. The van der Waals surface area contributed by atoms with Crippen LogP contribution in [0.1, 0.15) is 23.9 Å². The van der Waals surface area contributed by atoms with Gasteiger partial charge < -0.3 is 10.6 Å². The summed E-state index contributed by atoms with van der Waals surface area (Å²) in [5.41, 5.74) is 4.21. The Morgan fingerprint density at radius 1 is 1.14 bits per heavy atom. The largest absolute Gasteiger partial charge is 0.357 e. The van der Waals surface area contributed by atoms with Crippen LogP contribution in [0.3, 0.4) is 0 Å². The molecule has 3 rings (SSSR count). The van der Waals surface area contributed by atoms with Crippen LogP contribution in [0.15, 0.2) is 12.3 Å². The highest BCUT2D eigenvalue weighted by atomic mass is 16.2. The Kier molecular flexibility index (Phi) is 3.08. The van der Waals surface area contributed by atoms with Crippen LogP contribution in [0.4, 0.5) is 11.5 Å². The highest BCUT2D eigenvalue weighted by Gasteiger charge is 2.27. The van der Waals surface area contributed by atoms with Gasteiger partial charge in [-0.25, -0.2) is 9.97 Å². The lowest BCUT2D eigenvalue weighted by molar-refractivity contribution is -0.116. The van der Waals surface area contributed by atoms with Gasteiger partial charge in [0.1, 0.15) is 23.2 Å². The van der Waals surface area contributed by atoms with E-state index in [1.807, 2.05) is 26.8 Å². The van der Waals surface area contributed by atoms with Gasteiger partial charge in [-0.15, -0.1) is 0 Å². The van der Waals surface area contributed by atoms with Gasteiger partial charge in [-0.1, -0.05) is 0 Å². The quantitative estimate of drug-likeness (QED) is 0.839. The number of nitrogens with one attached hydrogen (secondary N) is 2. The van der Waals surface area contributed by atoms with E-state index in [1.54, 1.807) is 13.1 Å². The Bertz CT molecular complexity index is 741. The Labute approximate surface area is 123 Å². The molecule has 0 spiro atoms. The van der Waals surface area contributed by atoms with Crippen LogP contribution >= 0.6 is 0 Å². The molecule has 0 radical (unpaired) electrons. The fraction of sp³-hybridized carbons (Fsp3) is 0.333. The number of aryl methyl sites for hydroxylation is 2. The normalized spacial score (nSPS) is 17.0. The van der Waals surface area contributed by atoms with Gasteiger partial charge in [-0.3, -0.25) is 9.78 Å². The third-order valence-corrected chi connectivity index (χ3v) is 3.71. The predicted octanol–water partition coefficient (Wildman–Crippen LogP) is 2.22. The van der Waals surface area contributed by atoms with Crippen LogP contribution in [0.25, 0.3) is 11.4 Å². The summed E-state index contributed by atoms with van der Waals surface area (Å²) in [5, 5.41) is 5.99. The summed E-state index contributed by atoms with van der Waals surface area (Å²) in [5.74, 6) is 1.19. The first kappa shape index (κ1) is 13.5. The van der Waals surface area contributed by atoms with E-state index in [0.717, 1.165) is 16.8 Å². The molecule has 0 saturated carbocycles. The average molecular weight is 283 g/mol. The predicted molar refractivity (Wildman–Crippen MR) is 81.2 cm³/mol. The topological polar surface area (TPSA) is 79.8 Å². The second kappa shape index (κ2) is 4.80. The molecular weight excluding hydrogens is 266 g/mol. The first-order valence-corrected chi connectivity index (χ1v) is 6.86. The van der Waals surface area contributed by atoms with Crippen molar-refractivity contribution in [2.45, 2.75) is 33.7 Å². The van der Waals surface area contributed by atoms with Crippen molar-refractivity contribution in [3.8, 4) is 11.4 Å². The molecule has 1 amide bonds. The Balaban J connectivity index is 2.24. The average Bonchev–Trinajstić information content (AvgIpc) is 2.43. The van der Waals surface area contributed by atoms with E-state index in [-0.39, 0.29) is 11.9 Å². The molecule has 6 nitrogen and oxygen atoms in total. The van der Waals surface area contributed by atoms with Crippen LogP contribution in [-0.4, -0.2) is 26.9 Å². The summed E-state index contributed by atoms with van der Waals surface area (Å²) in [6, 6.07) is 1.64. The third kappa shape index (κ3) is 2.22. The number of rotatable bonds is 1. The zero-order chi connectivity index (χ0) is 15.1. The number of anilines is 2. The van der Waals surface area contributed by atoms with Gasteiger partial charge in [0.05, 0.1) is 5.69 Å². The molecule has 0 fully saturated rings. The summed E-state index contributed by atoms with van der Waals surface area (Å²) in [7, 11) is 0. The molecule has 0 bridgehead atoms. The van der Waals surface area contributed by atoms with Crippen molar-refractivity contribution in [2.24, 2.45) is 0 Å². The van der Waals surface area contributed by atoms with Crippen LogP contribution < -0.4 is 10.6 Å². The number of carbonyl (C=O) groups excluding carboxylic acids is 1. The maximum atomic E-state index is 11.9. The van der Waals surface area contributed by atoms with Crippen LogP contribution in [0.2, 0.25) is 0 Å². The van der Waals surface area contributed by atoms with Gasteiger partial charge in [-0.2, -0.15) is 0 Å². The number of pyridine rings is 1. The first-order valence-electron chi connectivity index (χ1n) is 6.86. The molecule has 21 heavy (non-hydrogen) atoms. The molecule has 2 N–H and O–H groups in total. The van der Waals surface area contributed by atoms with Crippen molar-refractivity contribution in [1.29, 1.82) is 0 Å². The molecular formula is C15H17N5O. The number of aromatic nitrogens is 3. The maximum absolute atomic E-state index is 11.9. The molecule has 1 aliphatic heterocycles. The van der Waals surface area contributed by atoms with E-state index in [2.05, 4.69) is 25.6 Å². The van der Waals surface area contributed by atoms with Gasteiger partial charge in [0, 0.05) is 6.20 Å². The number of carbonyl (C=O) groups is 1. The highest BCUT2D eigenvalue weighted by Crippen LogP contribution is 2.35. The molecule has 2 aromatic rings. The van der Waals surface area contributed by atoms with Crippen molar-refractivity contribution in [2.75, 3.05) is 10.6 Å². The summed E-state index contributed by atoms with van der Waals surface area (Å²) in [4.78, 5) is 25.2. The van der Waals surface area contributed by atoms with Crippen molar-refractivity contribution in [3.63, 3.8) is 0 Å². The molecule has 0 aliphatic carbocycles. The number of hydrogen-bond donors (Lipinski definition) is 2. The molecule has 0 saturated heterocycles. The summed E-state index contributed by atoms with van der Waals surface area (Å²) in [6.45, 7) is 7.66. The zero-order valence-corrected chi connectivity index (χ0v) is 12.5. The number of hydrogen-bond acceptors (Lipinski definition) is 5. The first-order chi connectivity index (χ1) is 9.97. The van der Waals surface area contributed by atoms with E-state index in [0.29, 0.717) is 23.0 Å². The van der Waals surface area contributed by atoms with Crippen LogP contribution in [0.5, 0.6) is 0 Å². The van der Waals surface area contributed by atoms with E-state index in [4.69, 9.17) is 0 Å². The maximum Gasteiger partial charge on any atom is 0.246 e. The van der Waals surface area contributed by atoms with Gasteiger partial charge in [0.25, 0.3) is 0 Å². The Morgan fingerprint density at radius 2 is 1.90 bits per heavy atom. The molecule has 2 aromatic heterocycles. The van der Waals surface area contributed by atoms with E-state index in [1.165, 1.54) is 0 Å². The molecule has 108 valence electrons. The van der Waals surface area contributed by atoms with Gasteiger partial charge in [-0.05, 0) is 44.9 Å². The van der Waals surface area contributed by atoms with Crippen LogP contribution in [-0.2, 0) is 4.79 Å². The van der Waals surface area contributed by atoms with Gasteiger partial charge in [0.2, 0.25) is 5.91 Å². The van der Waals surface area contributed by atoms with Crippen molar-refractivity contribution in [1.82, 2.24) is 15.0 Å². The minimum absolute atomic E-state index is 0.0958. The number of fused-ring (bicyclic) bond motifs is 1. The number of nitrogens with zero attached hydrogens (tertiary/aromatic N) is 3. The molecule has 6 heteroatoms. The van der Waals surface area contributed by atoms with Crippen molar-refractivity contribution < 1.29 is 4.79 Å². The minimum atomic E-state index is -0.314. The lowest BCUT2D eigenvalue weighted by atomic mass is 10.0.